The van der Waals surface area contributed by atoms with Crippen LogP contribution in [-0.4, -0.2) is 0 Å². The number of nitrogens with two attached hydrogens (primary N) is 1. The van der Waals surface area contributed by atoms with Gasteiger partial charge in [-0.1, -0.05) is 32.0 Å². The van der Waals surface area contributed by atoms with Crippen molar-refractivity contribution >= 4 is 21.4 Å². The third-order valence-electron chi connectivity index (χ3n) is 4.06. The van der Waals surface area contributed by atoms with E-state index < -0.39 is 0 Å². The molecule has 0 amide bonds. The van der Waals surface area contributed by atoms with Gasteiger partial charge in [0.1, 0.15) is 0 Å². The van der Waals surface area contributed by atoms with Gasteiger partial charge in [0.05, 0.1) is 0 Å². The summed E-state index contributed by atoms with van der Waals surface area (Å²) in [6.45, 7) is 4.66. The zero-order valence-corrected chi connectivity index (χ0v) is 11.3. The van der Waals surface area contributed by atoms with Gasteiger partial charge in [0.15, 0.2) is 0 Å². The summed E-state index contributed by atoms with van der Waals surface area (Å²) in [7, 11) is 0. The zero-order chi connectivity index (χ0) is 12.1. The van der Waals surface area contributed by atoms with Crippen molar-refractivity contribution in [3.63, 3.8) is 0 Å². The molecular weight excluding hydrogens is 226 g/mol. The molecule has 0 spiro atoms. The molecule has 1 aromatic heterocycles. The van der Waals surface area contributed by atoms with Crippen molar-refractivity contribution in [1.82, 2.24) is 0 Å². The molecule has 2 heteroatoms. The van der Waals surface area contributed by atoms with Crippen LogP contribution in [0.5, 0.6) is 0 Å². The van der Waals surface area contributed by atoms with Crippen molar-refractivity contribution < 1.29 is 0 Å². The summed E-state index contributed by atoms with van der Waals surface area (Å²) in [6, 6.07) is 8.73. The second kappa shape index (κ2) is 3.56. The molecule has 1 fully saturated rings. The molecule has 17 heavy (non-hydrogen) atoms. The third kappa shape index (κ3) is 1.80. The van der Waals surface area contributed by atoms with Crippen molar-refractivity contribution in [2.45, 2.75) is 38.6 Å². The summed E-state index contributed by atoms with van der Waals surface area (Å²) in [6.07, 6.45) is 3.43. The lowest BCUT2D eigenvalue weighted by Gasteiger charge is -2.27. The van der Waals surface area contributed by atoms with Crippen molar-refractivity contribution in [3.05, 3.63) is 35.2 Å². The van der Waals surface area contributed by atoms with Crippen molar-refractivity contribution in [2.75, 3.05) is 0 Å². The molecule has 0 bridgehead atoms. The van der Waals surface area contributed by atoms with E-state index in [1.165, 1.54) is 22.1 Å². The molecule has 1 saturated carbocycles. The smallest absolute Gasteiger partial charge is 0.0429 e. The van der Waals surface area contributed by atoms with E-state index in [2.05, 4.69) is 43.5 Å². The minimum absolute atomic E-state index is 0.117. The first-order valence-electron chi connectivity index (χ1n) is 6.26. The van der Waals surface area contributed by atoms with E-state index >= 15 is 0 Å². The summed E-state index contributed by atoms with van der Waals surface area (Å²) in [5.41, 5.74) is 8.31. The molecule has 1 aliphatic carbocycles. The standard InChI is InChI=1S/C15H19NS/c1-14(2)7-8-15(16,10-14)12-5-3-4-11-6-9-17-13(11)12/h3-6,9H,7-8,10,16H2,1-2H3. The maximum absolute atomic E-state index is 6.69. The first kappa shape index (κ1) is 11.2. The highest BCUT2D eigenvalue weighted by atomic mass is 32.1. The van der Waals surface area contributed by atoms with E-state index in [-0.39, 0.29) is 5.54 Å². The fourth-order valence-electron chi connectivity index (χ4n) is 3.21. The zero-order valence-electron chi connectivity index (χ0n) is 10.5. The normalized spacial score (nSPS) is 27.7. The monoisotopic (exact) mass is 245 g/mol. The molecular formula is C15H19NS. The largest absolute Gasteiger partial charge is 0.321 e. The van der Waals surface area contributed by atoms with Crippen LogP contribution in [0.1, 0.15) is 38.7 Å². The van der Waals surface area contributed by atoms with Crippen LogP contribution >= 0.6 is 11.3 Å². The number of rotatable bonds is 1. The highest BCUT2D eigenvalue weighted by Crippen LogP contribution is 2.49. The topological polar surface area (TPSA) is 26.0 Å². The van der Waals surface area contributed by atoms with Crippen LogP contribution in [0.4, 0.5) is 0 Å². The summed E-state index contributed by atoms with van der Waals surface area (Å²) in [5, 5.41) is 3.50. The van der Waals surface area contributed by atoms with Gasteiger partial charge in [0.25, 0.3) is 0 Å². The fraction of sp³-hybridized carbons (Fsp3) is 0.467. The van der Waals surface area contributed by atoms with Crippen molar-refractivity contribution in [3.8, 4) is 0 Å². The SMILES string of the molecule is CC1(C)CCC(N)(c2cccc3ccsc23)C1. The molecule has 3 rings (SSSR count). The molecule has 1 heterocycles. The number of fused-ring (bicyclic) bond motifs is 1. The molecule has 0 radical (unpaired) electrons. The van der Waals surface area contributed by atoms with Gasteiger partial charge in [0.2, 0.25) is 0 Å². The molecule has 2 aromatic rings. The Morgan fingerprint density at radius 3 is 2.71 bits per heavy atom. The minimum atomic E-state index is -0.117. The van der Waals surface area contributed by atoms with E-state index in [4.69, 9.17) is 5.73 Å². The van der Waals surface area contributed by atoms with Gasteiger partial charge in [-0.15, -0.1) is 11.3 Å². The van der Waals surface area contributed by atoms with Gasteiger partial charge in [-0.2, -0.15) is 0 Å². The van der Waals surface area contributed by atoms with E-state index in [1.807, 2.05) is 11.3 Å². The lowest BCUT2D eigenvalue weighted by molar-refractivity contribution is 0.341. The molecule has 1 atom stereocenters. The maximum atomic E-state index is 6.69. The highest BCUT2D eigenvalue weighted by molar-refractivity contribution is 7.17. The second-order valence-electron chi connectivity index (χ2n) is 6.14. The number of hydrogen-bond acceptors (Lipinski definition) is 2. The Labute approximate surface area is 107 Å². The van der Waals surface area contributed by atoms with Gasteiger partial charge in [-0.25, -0.2) is 0 Å². The first-order chi connectivity index (χ1) is 8.00. The molecule has 1 aromatic carbocycles. The van der Waals surface area contributed by atoms with Crippen LogP contribution in [-0.2, 0) is 5.54 Å². The summed E-state index contributed by atoms with van der Waals surface area (Å²) < 4.78 is 1.38. The Balaban J connectivity index is 2.13. The van der Waals surface area contributed by atoms with Gasteiger partial charge < -0.3 is 5.73 Å². The van der Waals surface area contributed by atoms with Gasteiger partial charge in [-0.05, 0) is 47.1 Å². The Hall–Kier alpha value is -0.860. The molecule has 1 unspecified atom stereocenters. The third-order valence-corrected chi connectivity index (χ3v) is 5.02. The predicted octanol–water partition coefficient (Wildman–Crippen LogP) is 4.27. The van der Waals surface area contributed by atoms with Crippen molar-refractivity contribution in [1.29, 1.82) is 0 Å². The van der Waals surface area contributed by atoms with Crippen LogP contribution in [0.25, 0.3) is 10.1 Å². The van der Waals surface area contributed by atoms with Crippen LogP contribution in [0.15, 0.2) is 29.6 Å². The van der Waals surface area contributed by atoms with E-state index in [0.717, 1.165) is 12.8 Å². The Morgan fingerprint density at radius 1 is 1.18 bits per heavy atom. The summed E-state index contributed by atoms with van der Waals surface area (Å²) in [5.74, 6) is 0. The van der Waals surface area contributed by atoms with Crippen LogP contribution in [0.2, 0.25) is 0 Å². The Morgan fingerprint density at radius 2 is 2.00 bits per heavy atom. The lowest BCUT2D eigenvalue weighted by Crippen LogP contribution is -2.34. The Kier molecular flexibility index (Phi) is 2.36. The molecule has 0 saturated heterocycles. The molecule has 1 nitrogen and oxygen atoms in total. The predicted molar refractivity (Wildman–Crippen MR) is 75.3 cm³/mol. The molecule has 2 N–H and O–H groups in total. The fourth-order valence-corrected chi connectivity index (χ4v) is 4.23. The van der Waals surface area contributed by atoms with E-state index in [1.54, 1.807) is 0 Å². The number of hydrogen-bond donors (Lipinski definition) is 1. The van der Waals surface area contributed by atoms with E-state index in [0.29, 0.717) is 5.41 Å². The summed E-state index contributed by atoms with van der Waals surface area (Å²) in [4.78, 5) is 0. The van der Waals surface area contributed by atoms with Crippen LogP contribution in [0.3, 0.4) is 0 Å². The van der Waals surface area contributed by atoms with Crippen molar-refractivity contribution in [2.24, 2.45) is 11.1 Å². The number of thiophene rings is 1. The van der Waals surface area contributed by atoms with Gasteiger partial charge in [0, 0.05) is 10.2 Å². The second-order valence-corrected chi connectivity index (χ2v) is 7.06. The maximum Gasteiger partial charge on any atom is 0.0429 e. The minimum Gasteiger partial charge on any atom is -0.321 e. The van der Waals surface area contributed by atoms with Crippen LogP contribution < -0.4 is 5.73 Å². The lowest BCUT2D eigenvalue weighted by atomic mass is 9.84. The van der Waals surface area contributed by atoms with Gasteiger partial charge in [-0.3, -0.25) is 0 Å². The number of benzene rings is 1. The summed E-state index contributed by atoms with van der Waals surface area (Å²) >= 11 is 1.82. The highest BCUT2D eigenvalue weighted by Gasteiger charge is 2.42. The average molecular weight is 245 g/mol. The van der Waals surface area contributed by atoms with E-state index in [9.17, 15) is 0 Å². The Bertz CT molecular complexity index is 555. The van der Waals surface area contributed by atoms with Crippen LogP contribution in [0, 0.1) is 5.41 Å². The average Bonchev–Trinajstić information content (AvgIpc) is 2.82. The molecule has 90 valence electrons. The molecule has 0 aliphatic heterocycles. The van der Waals surface area contributed by atoms with Gasteiger partial charge >= 0.3 is 0 Å². The molecule has 1 aliphatic rings. The first-order valence-corrected chi connectivity index (χ1v) is 7.14. The quantitative estimate of drug-likeness (QED) is 0.798.